The Bertz CT molecular complexity index is 789. The molecule has 2 aromatic carbocycles. The smallest absolute Gasteiger partial charge is 0.212 e. The van der Waals surface area contributed by atoms with E-state index < -0.39 is 10.0 Å². The van der Waals surface area contributed by atoms with Crippen molar-refractivity contribution < 1.29 is 17.2 Å². The van der Waals surface area contributed by atoms with Crippen LogP contribution in [0, 0.1) is 11.6 Å². The van der Waals surface area contributed by atoms with E-state index in [1.165, 1.54) is 36.4 Å². The molecule has 0 aromatic heterocycles. The van der Waals surface area contributed by atoms with Crippen LogP contribution in [0.5, 0.6) is 0 Å². The van der Waals surface area contributed by atoms with Gasteiger partial charge in [-0.2, -0.15) is 4.31 Å². The Kier molecular flexibility index (Phi) is 4.96. The first kappa shape index (κ1) is 17.0. The third-order valence-electron chi connectivity index (χ3n) is 4.33. The molecular formula is C18H19F2NO2S. The molecule has 0 aliphatic carbocycles. The molecule has 0 N–H and O–H groups in total. The summed E-state index contributed by atoms with van der Waals surface area (Å²) >= 11 is 0. The molecule has 3 rings (SSSR count). The topological polar surface area (TPSA) is 37.4 Å². The van der Waals surface area contributed by atoms with E-state index in [1.807, 2.05) is 0 Å². The predicted molar refractivity (Wildman–Crippen MR) is 88.9 cm³/mol. The molecule has 1 atom stereocenters. The summed E-state index contributed by atoms with van der Waals surface area (Å²) < 4.78 is 52.9. The lowest BCUT2D eigenvalue weighted by molar-refractivity contribution is 0.385. The van der Waals surface area contributed by atoms with Crippen molar-refractivity contribution in [2.45, 2.75) is 31.1 Å². The summed E-state index contributed by atoms with van der Waals surface area (Å²) in [6.07, 6.45) is 2.18. The Labute approximate surface area is 141 Å². The Hall–Kier alpha value is -1.79. The highest BCUT2D eigenvalue weighted by Gasteiger charge is 2.34. The molecule has 1 fully saturated rings. The summed E-state index contributed by atoms with van der Waals surface area (Å²) in [7, 11) is -3.47. The Morgan fingerprint density at radius 1 is 0.917 bits per heavy atom. The first-order valence-electron chi connectivity index (χ1n) is 7.92. The first-order valence-corrected chi connectivity index (χ1v) is 9.53. The minimum absolute atomic E-state index is 0.110. The van der Waals surface area contributed by atoms with Crippen molar-refractivity contribution in [1.82, 2.24) is 4.31 Å². The van der Waals surface area contributed by atoms with Gasteiger partial charge < -0.3 is 0 Å². The highest BCUT2D eigenvalue weighted by atomic mass is 32.2. The van der Waals surface area contributed by atoms with E-state index in [0.717, 1.165) is 18.4 Å². The van der Waals surface area contributed by atoms with Crippen LogP contribution in [0.2, 0.25) is 0 Å². The van der Waals surface area contributed by atoms with Gasteiger partial charge in [0, 0.05) is 12.6 Å². The molecule has 3 nitrogen and oxygen atoms in total. The molecule has 0 saturated carbocycles. The van der Waals surface area contributed by atoms with Crippen LogP contribution < -0.4 is 0 Å². The fourth-order valence-corrected chi connectivity index (χ4v) is 4.97. The largest absolute Gasteiger partial charge is 0.218 e. The number of sulfonamides is 1. The lowest BCUT2D eigenvalue weighted by Crippen LogP contribution is -2.37. The molecule has 1 aliphatic heterocycles. The summed E-state index contributed by atoms with van der Waals surface area (Å²) in [5.74, 6) is -0.815. The van der Waals surface area contributed by atoms with Gasteiger partial charge in [0.05, 0.1) is 5.75 Å². The van der Waals surface area contributed by atoms with Gasteiger partial charge in [-0.15, -0.1) is 0 Å². The summed E-state index contributed by atoms with van der Waals surface area (Å²) in [6, 6.07) is 11.6. The van der Waals surface area contributed by atoms with Crippen LogP contribution >= 0.6 is 0 Å². The van der Waals surface area contributed by atoms with Crippen molar-refractivity contribution in [3.05, 3.63) is 71.3 Å². The SMILES string of the molecule is O=S(=O)(Cc1ccc(F)cc1)N1CCCC1Cc1ccc(F)cc1. The van der Waals surface area contributed by atoms with Crippen molar-refractivity contribution in [2.75, 3.05) is 6.54 Å². The maximum atomic E-state index is 13.0. The van der Waals surface area contributed by atoms with Gasteiger partial charge in [0.15, 0.2) is 0 Å². The van der Waals surface area contributed by atoms with E-state index in [0.29, 0.717) is 18.5 Å². The summed E-state index contributed by atoms with van der Waals surface area (Å²) in [5, 5.41) is 0. The van der Waals surface area contributed by atoms with Crippen LogP contribution in [0.4, 0.5) is 8.78 Å². The third kappa shape index (κ3) is 3.99. The molecule has 0 spiro atoms. The zero-order valence-corrected chi connectivity index (χ0v) is 14.0. The number of nitrogens with zero attached hydrogens (tertiary/aromatic N) is 1. The van der Waals surface area contributed by atoms with Gasteiger partial charge in [0.2, 0.25) is 10.0 Å². The van der Waals surface area contributed by atoms with Crippen LogP contribution in [0.3, 0.4) is 0 Å². The second-order valence-corrected chi connectivity index (χ2v) is 8.04. The van der Waals surface area contributed by atoms with Crippen molar-refractivity contribution in [3.63, 3.8) is 0 Å². The van der Waals surface area contributed by atoms with Gasteiger partial charge in [-0.1, -0.05) is 24.3 Å². The lowest BCUT2D eigenvalue weighted by Gasteiger charge is -2.24. The van der Waals surface area contributed by atoms with Crippen molar-refractivity contribution in [2.24, 2.45) is 0 Å². The van der Waals surface area contributed by atoms with Gasteiger partial charge in [0.25, 0.3) is 0 Å². The predicted octanol–water partition coefficient (Wildman–Crippen LogP) is 3.50. The van der Waals surface area contributed by atoms with E-state index in [1.54, 1.807) is 16.4 Å². The lowest BCUT2D eigenvalue weighted by atomic mass is 10.0. The van der Waals surface area contributed by atoms with E-state index in [4.69, 9.17) is 0 Å². The van der Waals surface area contributed by atoms with Crippen LogP contribution in [-0.4, -0.2) is 25.3 Å². The molecule has 2 aromatic rings. The molecule has 1 saturated heterocycles. The second kappa shape index (κ2) is 6.99. The molecule has 0 bridgehead atoms. The van der Waals surface area contributed by atoms with Crippen molar-refractivity contribution in [3.8, 4) is 0 Å². The quantitative estimate of drug-likeness (QED) is 0.827. The Morgan fingerprint density at radius 3 is 2.04 bits per heavy atom. The zero-order valence-electron chi connectivity index (χ0n) is 13.2. The fourth-order valence-electron chi connectivity index (χ4n) is 3.15. The van der Waals surface area contributed by atoms with Gasteiger partial charge in [-0.25, -0.2) is 17.2 Å². The molecule has 0 radical (unpaired) electrons. The monoisotopic (exact) mass is 351 g/mol. The third-order valence-corrected chi connectivity index (χ3v) is 6.22. The highest BCUT2D eigenvalue weighted by Crippen LogP contribution is 2.26. The maximum absolute atomic E-state index is 13.0. The van der Waals surface area contributed by atoms with Crippen LogP contribution in [0.25, 0.3) is 0 Å². The minimum atomic E-state index is -3.47. The molecule has 1 heterocycles. The maximum Gasteiger partial charge on any atom is 0.218 e. The zero-order chi connectivity index (χ0) is 17.2. The van der Waals surface area contributed by atoms with E-state index >= 15 is 0 Å². The summed E-state index contributed by atoms with van der Waals surface area (Å²) in [5.41, 5.74) is 1.49. The van der Waals surface area contributed by atoms with E-state index in [2.05, 4.69) is 0 Å². The number of hydrogen-bond donors (Lipinski definition) is 0. The molecular weight excluding hydrogens is 332 g/mol. The molecule has 24 heavy (non-hydrogen) atoms. The number of benzene rings is 2. The molecule has 1 aliphatic rings. The normalized spacial score (nSPS) is 18.8. The average Bonchev–Trinajstić information content (AvgIpc) is 3.01. The van der Waals surface area contributed by atoms with Crippen LogP contribution in [-0.2, 0) is 22.2 Å². The minimum Gasteiger partial charge on any atom is -0.212 e. The van der Waals surface area contributed by atoms with Crippen molar-refractivity contribution in [1.29, 1.82) is 0 Å². The number of rotatable bonds is 5. The average molecular weight is 351 g/mol. The number of halogens is 2. The Morgan fingerprint density at radius 2 is 1.46 bits per heavy atom. The van der Waals surface area contributed by atoms with Gasteiger partial charge >= 0.3 is 0 Å². The highest BCUT2D eigenvalue weighted by molar-refractivity contribution is 7.88. The second-order valence-electron chi connectivity index (χ2n) is 6.12. The number of hydrogen-bond acceptors (Lipinski definition) is 2. The van der Waals surface area contributed by atoms with E-state index in [9.17, 15) is 17.2 Å². The van der Waals surface area contributed by atoms with E-state index in [-0.39, 0.29) is 23.4 Å². The summed E-state index contributed by atoms with van der Waals surface area (Å²) in [4.78, 5) is 0. The van der Waals surface area contributed by atoms with Crippen molar-refractivity contribution >= 4 is 10.0 Å². The fraction of sp³-hybridized carbons (Fsp3) is 0.333. The van der Waals surface area contributed by atoms with Crippen LogP contribution in [0.1, 0.15) is 24.0 Å². The van der Waals surface area contributed by atoms with Gasteiger partial charge in [-0.05, 0) is 54.7 Å². The van der Waals surface area contributed by atoms with Gasteiger partial charge in [-0.3, -0.25) is 0 Å². The Balaban J connectivity index is 1.73. The standard InChI is InChI=1S/C18H19F2NO2S/c19-16-7-3-14(4-8-16)12-18-2-1-11-21(18)24(22,23)13-15-5-9-17(20)10-6-15/h3-10,18H,1-2,11-13H2. The summed E-state index contributed by atoms with van der Waals surface area (Å²) in [6.45, 7) is 0.495. The van der Waals surface area contributed by atoms with Crippen LogP contribution in [0.15, 0.2) is 48.5 Å². The molecule has 1 unspecified atom stereocenters. The molecule has 6 heteroatoms. The van der Waals surface area contributed by atoms with Gasteiger partial charge in [0.1, 0.15) is 11.6 Å². The first-order chi connectivity index (χ1) is 11.4. The molecule has 128 valence electrons. The molecule has 0 amide bonds.